The van der Waals surface area contributed by atoms with E-state index in [-0.39, 0.29) is 18.6 Å². The highest BCUT2D eigenvalue weighted by Crippen LogP contribution is 2.28. The summed E-state index contributed by atoms with van der Waals surface area (Å²) < 4.78 is 19.8. The van der Waals surface area contributed by atoms with E-state index in [1.807, 2.05) is 36.6 Å². The number of rotatable bonds is 20. The van der Waals surface area contributed by atoms with E-state index in [2.05, 4.69) is 15.4 Å². The molecule has 12 nitrogen and oxygen atoms in total. The van der Waals surface area contributed by atoms with Gasteiger partial charge in [0.25, 0.3) is 0 Å². The van der Waals surface area contributed by atoms with Crippen molar-refractivity contribution in [1.82, 2.24) is 10.6 Å². The van der Waals surface area contributed by atoms with Gasteiger partial charge in [0.1, 0.15) is 12.6 Å². The topological polar surface area (TPSA) is 167 Å². The molecule has 4 atom stereocenters. The molecule has 0 spiro atoms. The molecule has 1 aromatic rings. The highest BCUT2D eigenvalue weighted by molar-refractivity contribution is 8.76. The minimum Gasteiger partial charge on any atom is -0.481 e. The number of amides is 2. The average Bonchev–Trinajstić information content (AvgIpc) is 2.96. The SMILES string of the molecule is CCOC(=O)OC(C)OC(=O)CNC(=O)C(CSSCC(CCSC)NC(=O)OC(C)C(C)(C)C(=O)O)Cc1ccccc1. The zero-order valence-electron chi connectivity index (χ0n) is 26.0. The van der Waals surface area contributed by atoms with Crippen LogP contribution >= 0.6 is 33.3 Å². The first-order chi connectivity index (χ1) is 20.8. The molecule has 0 aliphatic carbocycles. The van der Waals surface area contributed by atoms with E-state index >= 15 is 0 Å². The summed E-state index contributed by atoms with van der Waals surface area (Å²) in [5, 5.41) is 14.8. The number of hydrogen-bond acceptors (Lipinski definition) is 12. The number of nitrogens with one attached hydrogen (secondary N) is 2. The standard InChI is InChI=1S/C29H44N2O10S3/c1-7-38-28(37)41-20(3)40-24(32)16-30-25(33)22(15-21-11-9-8-10-12-21)17-43-44-18-23(13-14-42-6)31-27(36)39-19(2)29(4,5)26(34)35/h8-12,19-20,22-23H,7,13-18H2,1-6H3,(H,30,33)(H,31,36)(H,34,35). The molecule has 1 aromatic carbocycles. The van der Waals surface area contributed by atoms with Crippen molar-refractivity contribution < 1.29 is 48.0 Å². The fourth-order valence-electron chi connectivity index (χ4n) is 3.37. The van der Waals surface area contributed by atoms with Gasteiger partial charge in [-0.1, -0.05) is 51.9 Å². The second-order valence-corrected chi connectivity index (χ2v) is 13.8. The molecule has 15 heteroatoms. The summed E-state index contributed by atoms with van der Waals surface area (Å²) in [6.45, 7) is 7.22. The number of benzene rings is 1. The first kappa shape index (κ1) is 39.2. The fourth-order valence-corrected chi connectivity index (χ4v) is 6.49. The van der Waals surface area contributed by atoms with Crippen LogP contribution in [0.4, 0.5) is 9.59 Å². The van der Waals surface area contributed by atoms with Crippen molar-refractivity contribution in [3.63, 3.8) is 0 Å². The fraction of sp³-hybridized carbons (Fsp3) is 0.621. The van der Waals surface area contributed by atoms with Crippen LogP contribution in [0.1, 0.15) is 46.6 Å². The van der Waals surface area contributed by atoms with Gasteiger partial charge >= 0.3 is 24.2 Å². The number of alkyl carbamates (subject to hydrolysis) is 1. The number of aliphatic carboxylic acids is 1. The van der Waals surface area contributed by atoms with E-state index in [0.717, 1.165) is 11.3 Å². The normalized spacial score (nSPS) is 13.9. The maximum absolute atomic E-state index is 13.1. The van der Waals surface area contributed by atoms with Gasteiger partial charge in [0.2, 0.25) is 12.2 Å². The molecule has 2 amide bonds. The first-order valence-electron chi connectivity index (χ1n) is 14.1. The number of hydrogen-bond donors (Lipinski definition) is 3. The molecule has 0 saturated heterocycles. The van der Waals surface area contributed by atoms with Gasteiger partial charge < -0.3 is 34.7 Å². The van der Waals surface area contributed by atoms with Crippen LogP contribution in [-0.2, 0) is 39.8 Å². The quantitative estimate of drug-likeness (QED) is 0.0570. The van der Waals surface area contributed by atoms with Crippen LogP contribution in [0.5, 0.6) is 0 Å². The summed E-state index contributed by atoms with van der Waals surface area (Å²) >= 11 is 1.64. The Morgan fingerprint density at radius 2 is 1.64 bits per heavy atom. The van der Waals surface area contributed by atoms with Crippen LogP contribution in [0.2, 0.25) is 0 Å². The second kappa shape index (κ2) is 21.0. The van der Waals surface area contributed by atoms with Gasteiger partial charge in [0, 0.05) is 24.5 Å². The van der Waals surface area contributed by atoms with E-state index in [1.165, 1.54) is 42.4 Å². The van der Waals surface area contributed by atoms with Gasteiger partial charge in [-0.25, -0.2) is 9.59 Å². The summed E-state index contributed by atoms with van der Waals surface area (Å²) in [7, 11) is 2.96. The number of esters is 1. The van der Waals surface area contributed by atoms with Crippen molar-refractivity contribution in [2.75, 3.05) is 36.7 Å². The Bertz CT molecular complexity index is 1060. The maximum atomic E-state index is 13.1. The molecule has 0 heterocycles. The molecule has 0 fully saturated rings. The Morgan fingerprint density at radius 1 is 0.977 bits per heavy atom. The minimum absolute atomic E-state index is 0.114. The number of carboxylic acid groups (broad SMARTS) is 1. The van der Waals surface area contributed by atoms with E-state index in [1.54, 1.807) is 25.6 Å². The van der Waals surface area contributed by atoms with Crippen LogP contribution in [-0.4, -0.2) is 90.3 Å². The molecule has 0 radical (unpaired) electrons. The van der Waals surface area contributed by atoms with Crippen LogP contribution in [0.15, 0.2) is 30.3 Å². The highest BCUT2D eigenvalue weighted by atomic mass is 33.1. The predicted molar refractivity (Wildman–Crippen MR) is 173 cm³/mol. The van der Waals surface area contributed by atoms with E-state index in [9.17, 15) is 29.1 Å². The smallest absolute Gasteiger partial charge is 0.481 e. The summed E-state index contributed by atoms with van der Waals surface area (Å²) in [4.78, 5) is 60.7. The van der Waals surface area contributed by atoms with Gasteiger partial charge in [-0.2, -0.15) is 11.8 Å². The van der Waals surface area contributed by atoms with Crippen molar-refractivity contribution in [3.05, 3.63) is 35.9 Å². The number of carbonyl (C=O) groups is 5. The average molecular weight is 677 g/mol. The van der Waals surface area contributed by atoms with Gasteiger partial charge in [-0.15, -0.1) is 0 Å². The Kier molecular flexibility index (Phi) is 18.8. The molecule has 1 rings (SSSR count). The number of carbonyl (C=O) groups excluding carboxylic acids is 4. The third kappa shape index (κ3) is 15.8. The van der Waals surface area contributed by atoms with Gasteiger partial charge in [0.05, 0.1) is 17.9 Å². The molecule has 0 aromatic heterocycles. The zero-order chi connectivity index (χ0) is 33.1. The molecule has 248 valence electrons. The van der Waals surface area contributed by atoms with E-state index in [4.69, 9.17) is 14.2 Å². The Balaban J connectivity index is 2.71. The lowest BCUT2D eigenvalue weighted by Gasteiger charge is -2.28. The van der Waals surface area contributed by atoms with Gasteiger partial charge in [0.15, 0.2) is 0 Å². The van der Waals surface area contributed by atoms with Crippen LogP contribution in [0.3, 0.4) is 0 Å². The molecule has 0 aliphatic rings. The molecule has 3 N–H and O–H groups in total. The Morgan fingerprint density at radius 3 is 2.25 bits per heavy atom. The molecule has 0 bridgehead atoms. The Hall–Kier alpha value is -2.78. The summed E-state index contributed by atoms with van der Waals surface area (Å²) in [6.07, 6.45) is -0.587. The van der Waals surface area contributed by atoms with Crippen LogP contribution in [0, 0.1) is 11.3 Å². The van der Waals surface area contributed by atoms with Gasteiger partial charge in [-0.05, 0) is 58.1 Å². The van der Waals surface area contributed by atoms with Crippen LogP contribution < -0.4 is 10.6 Å². The lowest BCUT2D eigenvalue weighted by atomic mass is 9.88. The van der Waals surface area contributed by atoms with Crippen molar-refractivity contribution in [2.24, 2.45) is 11.3 Å². The van der Waals surface area contributed by atoms with Crippen LogP contribution in [0.25, 0.3) is 0 Å². The maximum Gasteiger partial charge on any atom is 0.511 e. The molecule has 0 saturated carbocycles. The van der Waals surface area contributed by atoms with Crippen molar-refractivity contribution in [1.29, 1.82) is 0 Å². The highest BCUT2D eigenvalue weighted by Gasteiger charge is 2.37. The summed E-state index contributed by atoms with van der Waals surface area (Å²) in [5.74, 6) is -0.900. The third-order valence-corrected chi connectivity index (χ3v) is 9.59. The molecule has 0 aliphatic heterocycles. The minimum atomic E-state index is -1.24. The predicted octanol–water partition coefficient (Wildman–Crippen LogP) is 4.75. The first-order valence-corrected chi connectivity index (χ1v) is 18.0. The van der Waals surface area contributed by atoms with E-state index in [0.29, 0.717) is 24.3 Å². The summed E-state index contributed by atoms with van der Waals surface area (Å²) in [5.41, 5.74) is -0.283. The van der Waals surface area contributed by atoms with Gasteiger partial charge in [-0.3, -0.25) is 14.4 Å². The molecule has 4 unspecified atom stereocenters. The second-order valence-electron chi connectivity index (χ2n) is 10.2. The number of ether oxygens (including phenoxy) is 4. The Labute approximate surface area is 271 Å². The van der Waals surface area contributed by atoms with E-state index < -0.39 is 54.5 Å². The molecule has 44 heavy (non-hydrogen) atoms. The van der Waals surface area contributed by atoms with Crippen molar-refractivity contribution in [2.45, 2.75) is 65.9 Å². The number of carboxylic acids is 1. The monoisotopic (exact) mass is 676 g/mol. The lowest BCUT2D eigenvalue weighted by Crippen LogP contribution is -2.43. The largest absolute Gasteiger partial charge is 0.511 e. The molecular formula is C29H44N2O10S3. The molecular weight excluding hydrogens is 633 g/mol. The third-order valence-electron chi connectivity index (χ3n) is 6.39. The van der Waals surface area contributed by atoms with Crippen molar-refractivity contribution in [3.8, 4) is 0 Å². The lowest BCUT2D eigenvalue weighted by molar-refractivity contribution is -0.167. The zero-order valence-corrected chi connectivity index (χ0v) is 28.4. The number of thioether (sulfide) groups is 1. The van der Waals surface area contributed by atoms with Crippen molar-refractivity contribution >= 4 is 63.4 Å². The summed E-state index contributed by atoms with van der Waals surface area (Å²) in [6, 6.07) is 9.25.